The van der Waals surface area contributed by atoms with Gasteiger partial charge in [0.2, 0.25) is 5.91 Å². The van der Waals surface area contributed by atoms with E-state index in [2.05, 4.69) is 5.32 Å². The minimum Gasteiger partial charge on any atom is -0.355 e. The van der Waals surface area contributed by atoms with Crippen molar-refractivity contribution >= 4 is 18.3 Å². The van der Waals surface area contributed by atoms with Gasteiger partial charge in [-0.25, -0.2) is 4.39 Å². The average molecular weight is 355 g/mol. The smallest absolute Gasteiger partial charge is 0.220 e. The molecule has 3 N–H and O–H groups in total. The van der Waals surface area contributed by atoms with E-state index in [4.69, 9.17) is 5.73 Å². The van der Waals surface area contributed by atoms with Crippen LogP contribution in [0.25, 0.3) is 0 Å². The summed E-state index contributed by atoms with van der Waals surface area (Å²) in [4.78, 5) is 12.4. The van der Waals surface area contributed by atoms with Crippen molar-refractivity contribution in [1.29, 1.82) is 0 Å². The molecule has 0 spiro atoms. The van der Waals surface area contributed by atoms with Gasteiger partial charge in [-0.3, -0.25) is 4.79 Å². The Morgan fingerprint density at radius 1 is 1.17 bits per heavy atom. The summed E-state index contributed by atoms with van der Waals surface area (Å²) in [6.07, 6.45) is 8.29. The Morgan fingerprint density at radius 3 is 2.46 bits per heavy atom. The molecule has 24 heavy (non-hydrogen) atoms. The largest absolute Gasteiger partial charge is 0.355 e. The molecule has 134 valence electrons. The van der Waals surface area contributed by atoms with E-state index in [1.807, 2.05) is 6.07 Å². The fraction of sp³-hybridized carbons (Fsp3) is 0.632. The molecular weight excluding hydrogens is 327 g/mol. The van der Waals surface area contributed by atoms with Gasteiger partial charge in [-0.05, 0) is 55.3 Å². The van der Waals surface area contributed by atoms with Gasteiger partial charge in [0, 0.05) is 18.4 Å². The van der Waals surface area contributed by atoms with Crippen molar-refractivity contribution in [2.75, 3.05) is 13.1 Å². The summed E-state index contributed by atoms with van der Waals surface area (Å²) in [6.45, 7) is 1.20. The number of amides is 1. The molecule has 0 bridgehead atoms. The third-order valence-electron chi connectivity index (χ3n) is 5.80. The highest BCUT2D eigenvalue weighted by molar-refractivity contribution is 5.85. The second-order valence-electron chi connectivity index (χ2n) is 7.51. The molecule has 5 heteroatoms. The standard InChI is InChI=1S/C19H27FN2O.ClH/c20-16-6-4-5-15(11-16)19(9-10-19)14-22-17(23)12-18(13-21)7-2-1-3-8-18;/h4-6,11H,1-3,7-10,12-14,21H2,(H,22,23);1H. The fourth-order valence-electron chi connectivity index (χ4n) is 3.96. The van der Waals surface area contributed by atoms with Crippen LogP contribution in [0.15, 0.2) is 24.3 Å². The van der Waals surface area contributed by atoms with Crippen LogP contribution in [-0.2, 0) is 10.2 Å². The minimum absolute atomic E-state index is 0. The lowest BCUT2D eigenvalue weighted by Crippen LogP contribution is -2.40. The minimum atomic E-state index is -0.204. The Bertz CT molecular complexity index is 568. The van der Waals surface area contributed by atoms with Crippen LogP contribution in [0.3, 0.4) is 0 Å². The van der Waals surface area contributed by atoms with Crippen molar-refractivity contribution < 1.29 is 9.18 Å². The van der Waals surface area contributed by atoms with Crippen LogP contribution in [0.2, 0.25) is 0 Å². The molecule has 2 saturated carbocycles. The van der Waals surface area contributed by atoms with E-state index in [0.29, 0.717) is 19.5 Å². The number of carbonyl (C=O) groups is 1. The van der Waals surface area contributed by atoms with Crippen LogP contribution in [0.1, 0.15) is 56.9 Å². The highest BCUT2D eigenvalue weighted by Gasteiger charge is 2.44. The van der Waals surface area contributed by atoms with Crippen LogP contribution < -0.4 is 11.1 Å². The summed E-state index contributed by atoms with van der Waals surface area (Å²) in [5.41, 5.74) is 6.91. The molecule has 0 saturated heterocycles. The van der Waals surface area contributed by atoms with Crippen molar-refractivity contribution in [2.45, 2.75) is 56.8 Å². The quantitative estimate of drug-likeness (QED) is 0.818. The first kappa shape index (κ1) is 19.2. The summed E-state index contributed by atoms with van der Waals surface area (Å²) < 4.78 is 13.4. The van der Waals surface area contributed by atoms with Crippen molar-refractivity contribution in [3.63, 3.8) is 0 Å². The van der Waals surface area contributed by atoms with E-state index in [1.165, 1.54) is 25.3 Å². The van der Waals surface area contributed by atoms with E-state index in [0.717, 1.165) is 31.2 Å². The van der Waals surface area contributed by atoms with E-state index < -0.39 is 0 Å². The molecule has 1 aromatic rings. The number of nitrogens with one attached hydrogen (secondary N) is 1. The first-order chi connectivity index (χ1) is 11.1. The first-order valence-corrected chi connectivity index (χ1v) is 8.80. The molecule has 0 unspecified atom stereocenters. The van der Waals surface area contributed by atoms with Gasteiger partial charge < -0.3 is 11.1 Å². The molecule has 0 aliphatic heterocycles. The Balaban J connectivity index is 0.00000208. The van der Waals surface area contributed by atoms with Crippen LogP contribution in [0.5, 0.6) is 0 Å². The first-order valence-electron chi connectivity index (χ1n) is 8.80. The van der Waals surface area contributed by atoms with E-state index in [-0.39, 0.29) is 35.0 Å². The molecule has 0 radical (unpaired) electrons. The molecule has 0 aromatic heterocycles. The topological polar surface area (TPSA) is 55.1 Å². The van der Waals surface area contributed by atoms with Gasteiger partial charge >= 0.3 is 0 Å². The van der Waals surface area contributed by atoms with Crippen LogP contribution >= 0.6 is 12.4 Å². The predicted molar refractivity (Wildman–Crippen MR) is 96.8 cm³/mol. The lowest BCUT2D eigenvalue weighted by Gasteiger charge is -2.35. The molecule has 2 aliphatic carbocycles. The monoisotopic (exact) mass is 354 g/mol. The number of hydrogen-bond acceptors (Lipinski definition) is 2. The van der Waals surface area contributed by atoms with Gasteiger partial charge in [-0.15, -0.1) is 12.4 Å². The summed E-state index contributed by atoms with van der Waals surface area (Å²) in [5.74, 6) is -0.107. The molecule has 2 fully saturated rings. The SMILES string of the molecule is Cl.NCC1(CC(=O)NCC2(c3cccc(F)c3)CC2)CCCCC1. The van der Waals surface area contributed by atoms with Crippen molar-refractivity contribution in [3.8, 4) is 0 Å². The Morgan fingerprint density at radius 2 is 1.88 bits per heavy atom. The maximum atomic E-state index is 13.4. The number of halogens is 2. The molecule has 3 rings (SSSR count). The van der Waals surface area contributed by atoms with Crippen molar-refractivity contribution in [3.05, 3.63) is 35.6 Å². The zero-order valence-electron chi connectivity index (χ0n) is 14.2. The Kier molecular flexibility index (Phi) is 6.27. The molecular formula is C19H28ClFN2O. The van der Waals surface area contributed by atoms with Crippen molar-refractivity contribution in [1.82, 2.24) is 5.32 Å². The Labute approximate surface area is 150 Å². The fourth-order valence-corrected chi connectivity index (χ4v) is 3.96. The van der Waals surface area contributed by atoms with E-state index in [1.54, 1.807) is 12.1 Å². The van der Waals surface area contributed by atoms with Crippen LogP contribution in [0.4, 0.5) is 4.39 Å². The molecule has 0 atom stereocenters. The second-order valence-corrected chi connectivity index (χ2v) is 7.51. The maximum absolute atomic E-state index is 13.4. The van der Waals surface area contributed by atoms with Gasteiger partial charge in [0.05, 0.1) is 0 Å². The van der Waals surface area contributed by atoms with Gasteiger partial charge in [-0.1, -0.05) is 31.4 Å². The number of nitrogens with two attached hydrogens (primary N) is 1. The summed E-state index contributed by atoms with van der Waals surface area (Å²) in [5, 5.41) is 3.09. The number of hydrogen-bond donors (Lipinski definition) is 2. The number of benzene rings is 1. The molecule has 3 nitrogen and oxygen atoms in total. The highest BCUT2D eigenvalue weighted by atomic mass is 35.5. The molecule has 0 heterocycles. The number of carbonyl (C=O) groups excluding carboxylic acids is 1. The van der Waals surface area contributed by atoms with Crippen LogP contribution in [0, 0.1) is 11.2 Å². The zero-order valence-corrected chi connectivity index (χ0v) is 15.0. The number of rotatable bonds is 6. The Hall–Kier alpha value is -1.13. The average Bonchev–Trinajstić information content (AvgIpc) is 3.35. The second kappa shape index (κ2) is 7.83. The summed E-state index contributed by atoms with van der Waals surface area (Å²) in [7, 11) is 0. The van der Waals surface area contributed by atoms with E-state index in [9.17, 15) is 9.18 Å². The molecule has 2 aliphatic rings. The molecule has 1 amide bonds. The van der Waals surface area contributed by atoms with Gasteiger partial charge in [-0.2, -0.15) is 0 Å². The predicted octanol–water partition coefficient (Wildman–Crippen LogP) is 3.69. The van der Waals surface area contributed by atoms with Gasteiger partial charge in [0.1, 0.15) is 5.82 Å². The van der Waals surface area contributed by atoms with Gasteiger partial charge in [0.15, 0.2) is 0 Å². The third-order valence-corrected chi connectivity index (χ3v) is 5.80. The van der Waals surface area contributed by atoms with Gasteiger partial charge in [0.25, 0.3) is 0 Å². The molecule has 1 aromatic carbocycles. The van der Waals surface area contributed by atoms with Crippen LogP contribution in [-0.4, -0.2) is 19.0 Å². The normalized spacial score (nSPS) is 20.8. The summed E-state index contributed by atoms with van der Waals surface area (Å²) >= 11 is 0. The highest BCUT2D eigenvalue weighted by Crippen LogP contribution is 2.47. The summed E-state index contributed by atoms with van der Waals surface area (Å²) in [6, 6.07) is 6.77. The lowest BCUT2D eigenvalue weighted by molar-refractivity contribution is -0.124. The zero-order chi connectivity index (χ0) is 16.3. The third kappa shape index (κ3) is 4.28. The maximum Gasteiger partial charge on any atom is 0.220 e. The van der Waals surface area contributed by atoms with Crippen molar-refractivity contribution in [2.24, 2.45) is 11.1 Å². The van der Waals surface area contributed by atoms with E-state index >= 15 is 0 Å². The lowest BCUT2D eigenvalue weighted by atomic mass is 9.71.